The highest BCUT2D eigenvalue weighted by atomic mass is 14.7. The van der Waals surface area contributed by atoms with Gasteiger partial charge in [-0.15, -0.1) is 0 Å². The summed E-state index contributed by atoms with van der Waals surface area (Å²) in [5.74, 6) is 0. The molecule has 3 nitrogen and oxygen atoms in total. The molecule has 0 radical (unpaired) electrons. The topological polar surface area (TPSA) is 51.8 Å². The minimum atomic E-state index is 0.758. The highest BCUT2D eigenvalue weighted by Crippen LogP contribution is 2.24. The van der Waals surface area contributed by atoms with E-state index in [0.29, 0.717) is 0 Å². The Bertz CT molecular complexity index is 703. The van der Waals surface area contributed by atoms with Gasteiger partial charge in [-0.2, -0.15) is 0 Å². The van der Waals surface area contributed by atoms with Crippen molar-refractivity contribution in [2.45, 2.75) is 6.92 Å². The van der Waals surface area contributed by atoms with Crippen LogP contribution in [0.1, 0.15) is 5.69 Å². The Hall–Kier alpha value is -2.42. The van der Waals surface area contributed by atoms with Crippen molar-refractivity contribution in [1.29, 1.82) is 0 Å². The monoisotopic (exact) mass is 235 g/mol. The smallest absolute Gasteiger partial charge is 0.0723 e. The second-order valence-electron chi connectivity index (χ2n) is 4.33. The SMILES string of the molecule is Cc1ccc(-c2cc3cccc(N)c3cn2)cn1. The average Bonchev–Trinajstić information content (AvgIpc) is 2.39. The van der Waals surface area contributed by atoms with Crippen LogP contribution in [0.2, 0.25) is 0 Å². The lowest BCUT2D eigenvalue weighted by Gasteiger charge is -2.05. The maximum atomic E-state index is 5.91. The van der Waals surface area contributed by atoms with Crippen molar-refractivity contribution in [3.05, 3.63) is 54.5 Å². The summed E-state index contributed by atoms with van der Waals surface area (Å²) in [7, 11) is 0. The van der Waals surface area contributed by atoms with E-state index in [1.165, 1.54) is 0 Å². The van der Waals surface area contributed by atoms with Crippen LogP contribution in [0.25, 0.3) is 22.0 Å². The predicted octanol–water partition coefficient (Wildman–Crippen LogP) is 3.19. The van der Waals surface area contributed by atoms with Crippen LogP contribution in [0.15, 0.2) is 48.8 Å². The van der Waals surface area contributed by atoms with Gasteiger partial charge in [0.25, 0.3) is 0 Å². The lowest BCUT2D eigenvalue weighted by Crippen LogP contribution is -1.90. The van der Waals surface area contributed by atoms with Crippen LogP contribution in [0.4, 0.5) is 5.69 Å². The minimum Gasteiger partial charge on any atom is -0.398 e. The number of nitrogen functional groups attached to an aromatic ring is 1. The molecule has 3 rings (SSSR count). The number of benzene rings is 1. The normalized spacial score (nSPS) is 10.7. The van der Waals surface area contributed by atoms with Gasteiger partial charge in [-0.1, -0.05) is 12.1 Å². The maximum Gasteiger partial charge on any atom is 0.0723 e. The van der Waals surface area contributed by atoms with Gasteiger partial charge in [0.15, 0.2) is 0 Å². The van der Waals surface area contributed by atoms with Crippen LogP contribution in [0.5, 0.6) is 0 Å². The Morgan fingerprint density at radius 1 is 1.00 bits per heavy atom. The summed E-state index contributed by atoms with van der Waals surface area (Å²) in [4.78, 5) is 8.74. The highest BCUT2D eigenvalue weighted by Gasteiger charge is 2.03. The fraction of sp³-hybridized carbons (Fsp3) is 0.0667. The van der Waals surface area contributed by atoms with Gasteiger partial charge in [0, 0.05) is 34.7 Å². The number of nitrogens with two attached hydrogens (primary N) is 1. The zero-order valence-electron chi connectivity index (χ0n) is 10.1. The fourth-order valence-electron chi connectivity index (χ4n) is 1.97. The summed E-state index contributed by atoms with van der Waals surface area (Å²) in [6.45, 7) is 1.97. The van der Waals surface area contributed by atoms with Gasteiger partial charge in [-0.25, -0.2) is 0 Å². The van der Waals surface area contributed by atoms with Crippen LogP contribution in [0, 0.1) is 6.92 Å². The number of aromatic nitrogens is 2. The van der Waals surface area contributed by atoms with E-state index in [9.17, 15) is 0 Å². The van der Waals surface area contributed by atoms with E-state index in [-0.39, 0.29) is 0 Å². The summed E-state index contributed by atoms with van der Waals surface area (Å²) in [6, 6.07) is 11.9. The molecule has 3 aromatic rings. The van der Waals surface area contributed by atoms with Crippen molar-refractivity contribution in [1.82, 2.24) is 9.97 Å². The molecule has 2 aromatic heterocycles. The van der Waals surface area contributed by atoms with Crippen molar-refractivity contribution >= 4 is 16.5 Å². The second kappa shape index (κ2) is 4.11. The molecule has 2 N–H and O–H groups in total. The first-order valence-electron chi connectivity index (χ1n) is 5.81. The number of pyridine rings is 2. The number of nitrogens with zero attached hydrogens (tertiary/aromatic N) is 2. The van der Waals surface area contributed by atoms with Crippen molar-refractivity contribution in [3.63, 3.8) is 0 Å². The predicted molar refractivity (Wildman–Crippen MR) is 74.1 cm³/mol. The summed E-state index contributed by atoms with van der Waals surface area (Å²) in [5.41, 5.74) is 9.61. The molecule has 0 saturated heterocycles. The molecular formula is C15H13N3. The standard InChI is InChI=1S/C15H13N3/c1-10-5-6-12(8-17-10)15-7-11-3-2-4-14(16)13(11)9-18-15/h2-9H,16H2,1H3. The van der Waals surface area contributed by atoms with Gasteiger partial charge in [0.05, 0.1) is 5.69 Å². The van der Waals surface area contributed by atoms with E-state index in [0.717, 1.165) is 33.4 Å². The van der Waals surface area contributed by atoms with Crippen LogP contribution >= 0.6 is 0 Å². The van der Waals surface area contributed by atoms with Crippen LogP contribution in [0.3, 0.4) is 0 Å². The molecule has 0 amide bonds. The van der Waals surface area contributed by atoms with Gasteiger partial charge in [0.2, 0.25) is 0 Å². The molecule has 18 heavy (non-hydrogen) atoms. The summed E-state index contributed by atoms with van der Waals surface area (Å²) < 4.78 is 0. The van der Waals surface area contributed by atoms with Crippen LogP contribution < -0.4 is 5.73 Å². The van der Waals surface area contributed by atoms with Gasteiger partial charge < -0.3 is 5.73 Å². The molecule has 3 heteroatoms. The number of anilines is 1. The van der Waals surface area contributed by atoms with E-state index >= 15 is 0 Å². The number of hydrogen-bond acceptors (Lipinski definition) is 3. The summed E-state index contributed by atoms with van der Waals surface area (Å²) >= 11 is 0. The fourth-order valence-corrected chi connectivity index (χ4v) is 1.97. The number of hydrogen-bond donors (Lipinski definition) is 1. The maximum absolute atomic E-state index is 5.91. The Morgan fingerprint density at radius 2 is 1.89 bits per heavy atom. The third kappa shape index (κ3) is 1.80. The molecule has 0 saturated carbocycles. The first kappa shape index (κ1) is 10.7. The van der Waals surface area contributed by atoms with E-state index in [2.05, 4.69) is 9.97 Å². The largest absolute Gasteiger partial charge is 0.398 e. The Labute approximate surface area is 105 Å². The molecule has 1 aromatic carbocycles. The van der Waals surface area contributed by atoms with E-state index in [4.69, 9.17) is 5.73 Å². The van der Waals surface area contributed by atoms with Crippen molar-refractivity contribution in [3.8, 4) is 11.3 Å². The van der Waals surface area contributed by atoms with Crippen molar-refractivity contribution in [2.75, 3.05) is 5.73 Å². The molecule has 0 aliphatic rings. The number of fused-ring (bicyclic) bond motifs is 1. The third-order valence-electron chi connectivity index (χ3n) is 3.01. The quantitative estimate of drug-likeness (QED) is 0.659. The Morgan fingerprint density at radius 3 is 2.67 bits per heavy atom. The minimum absolute atomic E-state index is 0.758. The summed E-state index contributed by atoms with van der Waals surface area (Å²) in [5, 5.41) is 2.09. The van der Waals surface area contributed by atoms with Crippen LogP contribution in [-0.2, 0) is 0 Å². The van der Waals surface area contributed by atoms with E-state index in [1.54, 1.807) is 0 Å². The molecule has 0 atom stereocenters. The van der Waals surface area contributed by atoms with Gasteiger partial charge in [-0.05, 0) is 36.6 Å². The highest BCUT2D eigenvalue weighted by molar-refractivity contribution is 5.93. The zero-order valence-corrected chi connectivity index (χ0v) is 10.1. The Kier molecular flexibility index (Phi) is 2.45. The summed E-state index contributed by atoms with van der Waals surface area (Å²) in [6.07, 6.45) is 3.66. The molecule has 0 aliphatic heterocycles. The molecule has 88 valence electrons. The first-order valence-corrected chi connectivity index (χ1v) is 5.81. The molecule has 0 spiro atoms. The lowest BCUT2D eigenvalue weighted by molar-refractivity contribution is 1.19. The van der Waals surface area contributed by atoms with Gasteiger partial charge in [-0.3, -0.25) is 9.97 Å². The van der Waals surface area contributed by atoms with E-state index in [1.807, 2.05) is 55.7 Å². The number of aryl methyl sites for hydroxylation is 1. The second-order valence-corrected chi connectivity index (χ2v) is 4.33. The Balaban J connectivity index is 2.16. The zero-order chi connectivity index (χ0) is 12.5. The van der Waals surface area contributed by atoms with E-state index < -0.39 is 0 Å². The average molecular weight is 235 g/mol. The van der Waals surface area contributed by atoms with Gasteiger partial charge >= 0.3 is 0 Å². The molecule has 0 aliphatic carbocycles. The number of rotatable bonds is 1. The molecule has 2 heterocycles. The van der Waals surface area contributed by atoms with Crippen LogP contribution in [-0.4, -0.2) is 9.97 Å². The lowest BCUT2D eigenvalue weighted by atomic mass is 10.1. The third-order valence-corrected chi connectivity index (χ3v) is 3.01. The molecule has 0 fully saturated rings. The van der Waals surface area contributed by atoms with Crippen molar-refractivity contribution < 1.29 is 0 Å². The van der Waals surface area contributed by atoms with Gasteiger partial charge in [0.1, 0.15) is 0 Å². The first-order chi connectivity index (χ1) is 8.74. The van der Waals surface area contributed by atoms with Crippen molar-refractivity contribution in [2.24, 2.45) is 0 Å². The molecular weight excluding hydrogens is 222 g/mol. The molecule has 0 bridgehead atoms. The molecule has 0 unspecified atom stereocenters.